The van der Waals surface area contributed by atoms with Gasteiger partial charge in [-0.2, -0.15) is 0 Å². The summed E-state index contributed by atoms with van der Waals surface area (Å²) in [5.74, 6) is 5.47. The zero-order valence-electron chi connectivity index (χ0n) is 10.5. The predicted molar refractivity (Wildman–Crippen MR) is 66.7 cm³/mol. The van der Waals surface area contributed by atoms with Gasteiger partial charge in [0.15, 0.2) is 0 Å². The Morgan fingerprint density at radius 2 is 2.50 bits per heavy atom. The van der Waals surface area contributed by atoms with Gasteiger partial charge >= 0.3 is 0 Å². The normalized spacial score (nSPS) is 20.2. The van der Waals surface area contributed by atoms with E-state index < -0.39 is 5.91 Å². The molecule has 0 aromatic carbocycles. The highest BCUT2D eigenvalue weighted by atomic mass is 16.1. The maximum atomic E-state index is 11.0. The summed E-state index contributed by atoms with van der Waals surface area (Å²) in [5, 5.41) is 4.12. The van der Waals surface area contributed by atoms with Crippen molar-refractivity contribution in [2.75, 3.05) is 19.6 Å². The van der Waals surface area contributed by atoms with Gasteiger partial charge in [-0.3, -0.25) is 9.69 Å². The number of rotatable bonds is 3. The second kappa shape index (κ2) is 5.65. The van der Waals surface area contributed by atoms with Gasteiger partial charge in [0.2, 0.25) is 5.82 Å². The molecule has 1 aliphatic rings. The van der Waals surface area contributed by atoms with Crippen molar-refractivity contribution in [1.29, 1.82) is 0 Å². The first kappa shape index (κ1) is 12.6. The number of nitrogens with zero attached hydrogens (tertiary/aromatic N) is 4. The second-order valence-corrected chi connectivity index (χ2v) is 4.37. The molecule has 1 aromatic heterocycles. The summed E-state index contributed by atoms with van der Waals surface area (Å²) < 4.78 is 1.74. The van der Waals surface area contributed by atoms with Crippen molar-refractivity contribution < 1.29 is 4.79 Å². The quantitative estimate of drug-likeness (QED) is 0.765. The Bertz CT molecular complexity index is 484. The van der Waals surface area contributed by atoms with Crippen LogP contribution in [0.1, 0.15) is 36.4 Å². The van der Waals surface area contributed by atoms with E-state index in [2.05, 4.69) is 26.8 Å². The van der Waals surface area contributed by atoms with E-state index in [0.717, 1.165) is 32.5 Å². The third kappa shape index (κ3) is 2.87. The van der Waals surface area contributed by atoms with Crippen LogP contribution in [0, 0.1) is 11.8 Å². The molecule has 6 nitrogen and oxygen atoms in total. The Morgan fingerprint density at radius 3 is 3.17 bits per heavy atom. The molecule has 18 heavy (non-hydrogen) atoms. The van der Waals surface area contributed by atoms with Crippen LogP contribution in [0.4, 0.5) is 0 Å². The number of hydrogen-bond acceptors (Lipinski definition) is 4. The van der Waals surface area contributed by atoms with E-state index in [4.69, 9.17) is 5.73 Å². The van der Waals surface area contributed by atoms with Crippen LogP contribution in [0.5, 0.6) is 0 Å². The highest BCUT2D eigenvalue weighted by molar-refractivity contribution is 5.88. The molecule has 2 rings (SSSR count). The maximum absolute atomic E-state index is 11.0. The van der Waals surface area contributed by atoms with Gasteiger partial charge in [0.1, 0.15) is 6.33 Å². The summed E-state index contributed by atoms with van der Waals surface area (Å²) in [6.45, 7) is 4.57. The molecular weight excluding hydrogens is 230 g/mol. The van der Waals surface area contributed by atoms with Crippen LogP contribution in [0.25, 0.3) is 0 Å². The van der Waals surface area contributed by atoms with Crippen LogP contribution in [-0.2, 0) is 0 Å². The average Bonchev–Trinajstić information content (AvgIpc) is 2.86. The zero-order chi connectivity index (χ0) is 13.0. The van der Waals surface area contributed by atoms with E-state index >= 15 is 0 Å². The standard InChI is InChI=1S/C12H17N5O/c1-2-3-6-16-7-4-5-10(8-16)17-9-14-12(15-17)11(13)18/h9-10H,4-8H2,1H3,(H2,13,18). The van der Waals surface area contributed by atoms with E-state index in [1.807, 2.05) is 6.92 Å². The fourth-order valence-corrected chi connectivity index (χ4v) is 2.15. The van der Waals surface area contributed by atoms with Crippen LogP contribution in [-0.4, -0.2) is 45.2 Å². The lowest BCUT2D eigenvalue weighted by atomic mass is 10.1. The Hall–Kier alpha value is -1.87. The van der Waals surface area contributed by atoms with Crippen LogP contribution < -0.4 is 5.73 Å². The molecule has 0 spiro atoms. The third-order valence-corrected chi connectivity index (χ3v) is 3.06. The van der Waals surface area contributed by atoms with Gasteiger partial charge in [-0.15, -0.1) is 11.0 Å². The van der Waals surface area contributed by atoms with Crippen molar-refractivity contribution >= 4 is 5.91 Å². The summed E-state index contributed by atoms with van der Waals surface area (Å²) in [6, 6.07) is 0.248. The van der Waals surface area contributed by atoms with Crippen molar-refractivity contribution in [2.24, 2.45) is 5.73 Å². The molecule has 1 atom stereocenters. The third-order valence-electron chi connectivity index (χ3n) is 3.06. The van der Waals surface area contributed by atoms with Gasteiger partial charge in [0.05, 0.1) is 12.6 Å². The maximum Gasteiger partial charge on any atom is 0.288 e. The molecule has 1 aliphatic heterocycles. The molecule has 0 bridgehead atoms. The number of aromatic nitrogens is 3. The molecule has 0 aliphatic carbocycles. The summed E-state index contributed by atoms with van der Waals surface area (Å²) >= 11 is 0. The topological polar surface area (TPSA) is 77.0 Å². The Labute approximate surface area is 106 Å². The monoisotopic (exact) mass is 247 g/mol. The Morgan fingerprint density at radius 1 is 1.67 bits per heavy atom. The van der Waals surface area contributed by atoms with Crippen molar-refractivity contribution in [3.05, 3.63) is 12.2 Å². The minimum absolute atomic E-state index is 0.0838. The first-order valence-corrected chi connectivity index (χ1v) is 6.03. The molecule has 1 unspecified atom stereocenters. The SMILES string of the molecule is CC#CCN1CCCC(n2cnc(C(N)=O)n2)C1. The molecule has 1 saturated heterocycles. The molecule has 1 aromatic rings. The number of primary amides is 1. The van der Waals surface area contributed by atoms with Crippen molar-refractivity contribution in [1.82, 2.24) is 19.7 Å². The fourth-order valence-electron chi connectivity index (χ4n) is 2.15. The Kier molecular flexibility index (Phi) is 3.95. The molecule has 2 heterocycles. The lowest BCUT2D eigenvalue weighted by Gasteiger charge is -2.31. The smallest absolute Gasteiger partial charge is 0.288 e. The molecule has 1 fully saturated rings. The molecular formula is C12H17N5O. The highest BCUT2D eigenvalue weighted by Gasteiger charge is 2.22. The van der Waals surface area contributed by atoms with Crippen molar-refractivity contribution in [2.45, 2.75) is 25.8 Å². The van der Waals surface area contributed by atoms with Crippen molar-refractivity contribution in [3.8, 4) is 11.8 Å². The molecule has 96 valence electrons. The van der Waals surface area contributed by atoms with E-state index in [1.54, 1.807) is 11.0 Å². The van der Waals surface area contributed by atoms with Gasteiger partial charge in [-0.25, -0.2) is 9.67 Å². The first-order valence-electron chi connectivity index (χ1n) is 6.03. The van der Waals surface area contributed by atoms with Crippen LogP contribution in [0.3, 0.4) is 0 Å². The molecule has 2 N–H and O–H groups in total. The lowest BCUT2D eigenvalue weighted by molar-refractivity contribution is 0.0989. The van der Waals surface area contributed by atoms with Crippen LogP contribution in [0.15, 0.2) is 6.33 Å². The van der Waals surface area contributed by atoms with Gasteiger partial charge in [-0.05, 0) is 26.3 Å². The van der Waals surface area contributed by atoms with Crippen molar-refractivity contribution in [3.63, 3.8) is 0 Å². The van der Waals surface area contributed by atoms with E-state index in [-0.39, 0.29) is 11.9 Å². The predicted octanol–water partition coefficient (Wildman–Crippen LogP) is 0.0372. The number of hydrogen-bond donors (Lipinski definition) is 1. The summed E-state index contributed by atoms with van der Waals surface area (Å²) in [5.41, 5.74) is 5.14. The molecule has 0 saturated carbocycles. The molecule has 6 heteroatoms. The van der Waals surface area contributed by atoms with Gasteiger partial charge in [0.25, 0.3) is 5.91 Å². The van der Waals surface area contributed by atoms with Gasteiger partial charge in [-0.1, -0.05) is 5.92 Å². The van der Waals surface area contributed by atoms with Crippen LogP contribution in [0.2, 0.25) is 0 Å². The summed E-state index contributed by atoms with van der Waals surface area (Å²) in [4.78, 5) is 17.2. The number of carbonyl (C=O) groups excluding carboxylic acids is 1. The number of nitrogens with two attached hydrogens (primary N) is 1. The lowest BCUT2D eigenvalue weighted by Crippen LogP contribution is -2.37. The van der Waals surface area contributed by atoms with Gasteiger partial charge in [0, 0.05) is 6.54 Å². The van der Waals surface area contributed by atoms with E-state index in [9.17, 15) is 4.79 Å². The first-order chi connectivity index (χ1) is 8.70. The largest absolute Gasteiger partial charge is 0.363 e. The zero-order valence-corrected chi connectivity index (χ0v) is 10.5. The molecule has 1 amide bonds. The number of piperidine rings is 1. The Balaban J connectivity index is 2.02. The summed E-state index contributed by atoms with van der Waals surface area (Å²) in [6.07, 6.45) is 3.72. The number of carbonyl (C=O) groups is 1. The van der Waals surface area contributed by atoms with Crippen LogP contribution >= 0.6 is 0 Å². The minimum atomic E-state index is -0.585. The van der Waals surface area contributed by atoms with Gasteiger partial charge < -0.3 is 5.73 Å². The average molecular weight is 247 g/mol. The summed E-state index contributed by atoms with van der Waals surface area (Å²) in [7, 11) is 0. The molecule has 0 radical (unpaired) electrons. The number of amides is 1. The highest BCUT2D eigenvalue weighted by Crippen LogP contribution is 2.19. The number of likely N-dealkylation sites (tertiary alicyclic amines) is 1. The fraction of sp³-hybridized carbons (Fsp3) is 0.583. The minimum Gasteiger partial charge on any atom is -0.363 e. The van der Waals surface area contributed by atoms with E-state index in [1.165, 1.54) is 0 Å². The van der Waals surface area contributed by atoms with E-state index in [0.29, 0.717) is 0 Å². The second-order valence-electron chi connectivity index (χ2n) is 4.37.